The van der Waals surface area contributed by atoms with E-state index in [2.05, 4.69) is 124 Å². The molecule has 2 aliphatic rings. The Labute approximate surface area is 238 Å². The summed E-state index contributed by atoms with van der Waals surface area (Å²) in [5.41, 5.74) is 9.84. The lowest BCUT2D eigenvalue weighted by Crippen LogP contribution is -2.47. The zero-order valence-corrected chi connectivity index (χ0v) is 22.7. The summed E-state index contributed by atoms with van der Waals surface area (Å²) in [6, 6.07) is 25.5. The summed E-state index contributed by atoms with van der Waals surface area (Å²) in [5.74, 6) is 0. The molecule has 4 aromatic heterocycles. The molecule has 0 N–H and O–H groups in total. The maximum absolute atomic E-state index is 4.49. The molecule has 0 fully saturated rings. The van der Waals surface area contributed by atoms with E-state index >= 15 is 0 Å². The average Bonchev–Trinajstić information content (AvgIpc) is 3.67. The highest BCUT2D eigenvalue weighted by molar-refractivity contribution is 5.78. The van der Waals surface area contributed by atoms with Gasteiger partial charge >= 0.3 is 0 Å². The van der Waals surface area contributed by atoms with Crippen LogP contribution in [0.15, 0.2) is 123 Å². The molecule has 8 nitrogen and oxygen atoms in total. The lowest BCUT2D eigenvalue weighted by Gasteiger charge is -2.45. The molecule has 2 aromatic carbocycles. The Morgan fingerprint density at radius 2 is 1.10 bits per heavy atom. The summed E-state index contributed by atoms with van der Waals surface area (Å²) < 4.78 is 8.85. The fourth-order valence-electron chi connectivity index (χ4n) is 6.19. The van der Waals surface area contributed by atoms with Crippen LogP contribution in [0, 0.1) is 0 Å². The molecule has 6 aromatic rings. The molecule has 2 bridgehead atoms. The lowest BCUT2D eigenvalue weighted by atomic mass is 9.99. The van der Waals surface area contributed by atoms with Crippen molar-refractivity contribution in [1.82, 2.24) is 19.1 Å². The topological polar surface area (TPSA) is 49.9 Å². The largest absolute Gasteiger partial charge is 0.346 e. The Kier molecular flexibility index (Phi) is 5.62. The Bertz CT molecular complexity index is 1700. The number of imidazole rings is 2. The van der Waals surface area contributed by atoms with Crippen LogP contribution < -0.4 is 18.9 Å². The number of hydrogen-bond donors (Lipinski definition) is 0. The van der Waals surface area contributed by atoms with Gasteiger partial charge in [-0.3, -0.25) is 9.97 Å². The second-order valence-corrected chi connectivity index (χ2v) is 10.7. The van der Waals surface area contributed by atoms with E-state index in [1.165, 1.54) is 33.9 Å². The van der Waals surface area contributed by atoms with Gasteiger partial charge in [0.2, 0.25) is 12.7 Å². The summed E-state index contributed by atoms with van der Waals surface area (Å²) in [6.07, 6.45) is 16.6. The van der Waals surface area contributed by atoms with E-state index in [0.717, 1.165) is 44.2 Å². The summed E-state index contributed by atoms with van der Waals surface area (Å²) in [4.78, 5) is 14.0. The minimum absolute atomic E-state index is 0.748. The third-order valence-electron chi connectivity index (χ3n) is 7.97. The molecular formula is C33H30N8+2. The number of rotatable bonds is 6. The number of fused-ring (bicyclic) bond motifs is 6. The van der Waals surface area contributed by atoms with Gasteiger partial charge < -0.3 is 9.80 Å². The van der Waals surface area contributed by atoms with Gasteiger partial charge in [0, 0.05) is 25.5 Å². The predicted molar refractivity (Wildman–Crippen MR) is 156 cm³/mol. The van der Waals surface area contributed by atoms with Crippen molar-refractivity contribution in [3.8, 4) is 11.4 Å². The number of anilines is 2. The van der Waals surface area contributed by atoms with Crippen molar-refractivity contribution in [3.05, 3.63) is 145 Å². The molecule has 41 heavy (non-hydrogen) atoms. The molecular weight excluding hydrogens is 508 g/mol. The molecule has 0 amide bonds. The Balaban J connectivity index is 1.10. The SMILES string of the molecule is c1ccc(C[n+]2ccn(-c3cccc4c3N3Cc5cccc(-n6cc[n+](Cc7ccccn7)c6)c5N(C4)C3)c2)nc1. The quantitative estimate of drug-likeness (QED) is 0.301. The van der Waals surface area contributed by atoms with E-state index in [1.807, 2.05) is 36.7 Å². The molecule has 0 unspecified atom stereocenters. The first-order chi connectivity index (χ1) is 20.3. The third-order valence-corrected chi connectivity index (χ3v) is 7.97. The first-order valence-electron chi connectivity index (χ1n) is 14.0. The summed E-state index contributed by atoms with van der Waals surface area (Å²) in [6.45, 7) is 4.09. The minimum Gasteiger partial charge on any atom is -0.346 e. The van der Waals surface area contributed by atoms with Gasteiger partial charge in [0.1, 0.15) is 37.9 Å². The van der Waals surface area contributed by atoms with Crippen molar-refractivity contribution >= 4 is 11.4 Å². The highest BCUT2D eigenvalue weighted by Crippen LogP contribution is 2.43. The van der Waals surface area contributed by atoms with Crippen LogP contribution in [0.2, 0.25) is 0 Å². The van der Waals surface area contributed by atoms with Crippen LogP contribution in [0.5, 0.6) is 0 Å². The maximum atomic E-state index is 4.49. The molecule has 0 atom stereocenters. The monoisotopic (exact) mass is 538 g/mol. The Morgan fingerprint density at radius 1 is 0.585 bits per heavy atom. The Morgan fingerprint density at radius 3 is 1.56 bits per heavy atom. The summed E-state index contributed by atoms with van der Waals surface area (Å²) in [7, 11) is 0. The normalized spacial score (nSPS) is 13.7. The molecule has 0 saturated heterocycles. The molecule has 0 spiro atoms. The van der Waals surface area contributed by atoms with E-state index in [-0.39, 0.29) is 0 Å². The fourth-order valence-corrected chi connectivity index (χ4v) is 6.19. The molecule has 0 radical (unpaired) electrons. The van der Waals surface area contributed by atoms with Gasteiger partial charge in [0.25, 0.3) is 0 Å². The average molecular weight is 539 g/mol. The highest BCUT2D eigenvalue weighted by atomic mass is 15.4. The third kappa shape index (κ3) is 4.34. The maximum Gasteiger partial charge on any atom is 0.249 e. The zero-order chi connectivity index (χ0) is 27.2. The fraction of sp³-hybridized carbons (Fsp3) is 0.152. The first-order valence-corrected chi connectivity index (χ1v) is 14.0. The van der Waals surface area contributed by atoms with E-state index in [9.17, 15) is 0 Å². The van der Waals surface area contributed by atoms with Crippen LogP contribution >= 0.6 is 0 Å². The summed E-state index contributed by atoms with van der Waals surface area (Å²) in [5, 5.41) is 0. The Hall–Kier alpha value is -5.24. The van der Waals surface area contributed by atoms with E-state index in [0.29, 0.717) is 0 Å². The minimum atomic E-state index is 0.748. The van der Waals surface area contributed by atoms with Gasteiger partial charge in [0.05, 0.1) is 29.4 Å². The molecule has 200 valence electrons. The molecule has 6 heterocycles. The van der Waals surface area contributed by atoms with E-state index < -0.39 is 0 Å². The van der Waals surface area contributed by atoms with Crippen molar-refractivity contribution < 1.29 is 9.13 Å². The van der Waals surface area contributed by atoms with Gasteiger partial charge in [-0.05, 0) is 47.5 Å². The standard InChI is InChI=1S/C33H30N8/c1-3-13-34-28(9-1)21-36-15-17-38(23-36)30-11-5-7-26-19-41-25-40(32(26)30)20-27-8-6-12-31(33(27)41)39-18-16-37(24-39)22-29-10-2-4-14-35-29/h1-18,23-24H,19-22,25H2/q+2. The van der Waals surface area contributed by atoms with E-state index in [4.69, 9.17) is 0 Å². The first kappa shape index (κ1) is 23.6. The van der Waals surface area contributed by atoms with E-state index in [1.54, 1.807) is 0 Å². The second kappa shape index (κ2) is 9.75. The molecule has 8 rings (SSSR count). The summed E-state index contributed by atoms with van der Waals surface area (Å²) >= 11 is 0. The van der Waals surface area contributed by atoms with Crippen LogP contribution in [0.25, 0.3) is 11.4 Å². The van der Waals surface area contributed by atoms with Crippen LogP contribution in [-0.2, 0) is 26.2 Å². The molecule has 0 saturated carbocycles. The van der Waals surface area contributed by atoms with Crippen molar-refractivity contribution in [3.63, 3.8) is 0 Å². The van der Waals surface area contributed by atoms with Crippen molar-refractivity contribution in [2.24, 2.45) is 0 Å². The molecule has 2 aliphatic heterocycles. The van der Waals surface area contributed by atoms with Crippen LogP contribution in [0.1, 0.15) is 22.5 Å². The number of benzene rings is 2. The van der Waals surface area contributed by atoms with Crippen LogP contribution in [0.3, 0.4) is 0 Å². The van der Waals surface area contributed by atoms with Gasteiger partial charge in [-0.2, -0.15) is 0 Å². The predicted octanol–water partition coefficient (Wildman–Crippen LogP) is 4.03. The number of hydrogen-bond acceptors (Lipinski definition) is 4. The molecule has 8 heteroatoms. The van der Waals surface area contributed by atoms with Gasteiger partial charge in [-0.1, -0.05) is 36.4 Å². The number of nitrogens with zero attached hydrogens (tertiary/aromatic N) is 8. The number of para-hydroxylation sites is 2. The van der Waals surface area contributed by atoms with Crippen molar-refractivity contribution in [2.75, 3.05) is 16.5 Å². The van der Waals surface area contributed by atoms with Crippen molar-refractivity contribution in [2.45, 2.75) is 26.2 Å². The van der Waals surface area contributed by atoms with Gasteiger partial charge in [-0.15, -0.1) is 0 Å². The molecule has 0 aliphatic carbocycles. The van der Waals surface area contributed by atoms with Crippen LogP contribution in [0.4, 0.5) is 11.4 Å². The van der Waals surface area contributed by atoms with Gasteiger partial charge in [-0.25, -0.2) is 18.3 Å². The number of pyridine rings is 2. The van der Waals surface area contributed by atoms with Crippen molar-refractivity contribution in [1.29, 1.82) is 0 Å². The smallest absolute Gasteiger partial charge is 0.249 e. The van der Waals surface area contributed by atoms with Crippen LogP contribution in [-0.4, -0.2) is 25.8 Å². The zero-order valence-electron chi connectivity index (χ0n) is 22.7. The highest BCUT2D eigenvalue weighted by Gasteiger charge is 2.35. The second-order valence-electron chi connectivity index (χ2n) is 10.7. The lowest BCUT2D eigenvalue weighted by molar-refractivity contribution is -0.688. The van der Waals surface area contributed by atoms with Gasteiger partial charge in [0.15, 0.2) is 11.4 Å². The number of aromatic nitrogens is 6.